The van der Waals surface area contributed by atoms with E-state index < -0.39 is 0 Å². The fraction of sp³-hybridized carbons (Fsp3) is 0.400. The van der Waals surface area contributed by atoms with Gasteiger partial charge in [-0.3, -0.25) is 9.78 Å². The average Bonchev–Trinajstić information content (AvgIpc) is 2.51. The molecule has 0 spiro atoms. The molecule has 0 aromatic carbocycles. The minimum Gasteiger partial charge on any atom is -0.300 e. The molecular weight excluding hydrogens is 182 g/mol. The van der Waals surface area contributed by atoms with E-state index in [0.717, 1.165) is 17.1 Å². The number of carbonyl (C=O) groups excluding carboxylic acids is 1. The summed E-state index contributed by atoms with van der Waals surface area (Å²) in [6.07, 6.45) is 4.28. The number of fused-ring (bicyclic) bond motifs is 1. The van der Waals surface area contributed by atoms with Crippen LogP contribution in [-0.2, 0) is 22.7 Å². The summed E-state index contributed by atoms with van der Waals surface area (Å²) in [5, 5.41) is 0. The van der Waals surface area contributed by atoms with Crippen LogP contribution in [-0.4, -0.2) is 10.8 Å². The Hall–Kier alpha value is -0.830. The zero-order chi connectivity index (χ0) is 9.26. The SMILES string of the molecule is CC(=O)Cc1cncc2c1CSC2. The zero-order valence-electron chi connectivity index (χ0n) is 7.54. The van der Waals surface area contributed by atoms with Crippen molar-refractivity contribution in [3.8, 4) is 0 Å². The molecule has 0 saturated heterocycles. The maximum atomic E-state index is 11.0. The van der Waals surface area contributed by atoms with Crippen molar-refractivity contribution in [2.24, 2.45) is 0 Å². The molecule has 0 bridgehead atoms. The Bertz CT molecular complexity index is 349. The van der Waals surface area contributed by atoms with Crippen molar-refractivity contribution in [3.63, 3.8) is 0 Å². The number of hydrogen-bond acceptors (Lipinski definition) is 3. The molecule has 1 aliphatic rings. The molecule has 2 heterocycles. The molecule has 0 atom stereocenters. The van der Waals surface area contributed by atoms with Gasteiger partial charge in [-0.15, -0.1) is 0 Å². The second-order valence-corrected chi connectivity index (χ2v) is 4.29. The van der Waals surface area contributed by atoms with Gasteiger partial charge in [0.2, 0.25) is 0 Å². The van der Waals surface area contributed by atoms with Crippen molar-refractivity contribution in [2.75, 3.05) is 0 Å². The molecule has 1 aromatic rings. The van der Waals surface area contributed by atoms with Gasteiger partial charge in [-0.1, -0.05) is 0 Å². The molecule has 0 unspecified atom stereocenters. The summed E-state index contributed by atoms with van der Waals surface area (Å²) in [6, 6.07) is 0. The predicted octanol–water partition coefficient (Wildman–Crippen LogP) is 1.96. The van der Waals surface area contributed by atoms with Crippen LogP contribution in [0.5, 0.6) is 0 Å². The molecule has 0 amide bonds. The molecule has 1 aromatic heterocycles. The number of carbonyl (C=O) groups is 1. The van der Waals surface area contributed by atoms with Gasteiger partial charge in [0, 0.05) is 30.3 Å². The second kappa shape index (κ2) is 3.50. The quantitative estimate of drug-likeness (QED) is 0.719. The fourth-order valence-corrected chi connectivity index (χ4v) is 2.72. The Morgan fingerprint density at radius 3 is 3.15 bits per heavy atom. The van der Waals surface area contributed by atoms with Crippen molar-refractivity contribution < 1.29 is 4.79 Å². The standard InChI is InChI=1S/C10H11NOS/c1-7(12)2-8-3-11-4-9-5-13-6-10(8)9/h3-4H,2,5-6H2,1H3. The third kappa shape index (κ3) is 1.75. The molecule has 0 saturated carbocycles. The molecule has 0 aliphatic carbocycles. The van der Waals surface area contributed by atoms with Gasteiger partial charge in [0.15, 0.2) is 0 Å². The normalized spacial score (nSPS) is 14.2. The first-order chi connectivity index (χ1) is 6.27. The molecule has 0 fully saturated rings. The molecular formula is C10H11NOS. The third-order valence-corrected chi connectivity index (χ3v) is 3.19. The summed E-state index contributed by atoms with van der Waals surface area (Å²) in [7, 11) is 0. The molecule has 3 heteroatoms. The molecule has 2 nitrogen and oxygen atoms in total. The Balaban J connectivity index is 2.36. The van der Waals surface area contributed by atoms with Gasteiger partial charge in [-0.25, -0.2) is 0 Å². The number of nitrogens with zero attached hydrogens (tertiary/aromatic N) is 1. The molecule has 1 aliphatic heterocycles. The van der Waals surface area contributed by atoms with E-state index in [1.54, 1.807) is 6.92 Å². The second-order valence-electron chi connectivity index (χ2n) is 3.31. The number of hydrogen-bond donors (Lipinski definition) is 0. The zero-order valence-corrected chi connectivity index (χ0v) is 8.36. The van der Waals surface area contributed by atoms with Gasteiger partial charge in [-0.05, 0) is 23.6 Å². The van der Waals surface area contributed by atoms with Crippen molar-refractivity contribution in [2.45, 2.75) is 24.9 Å². The maximum Gasteiger partial charge on any atom is 0.134 e. The summed E-state index contributed by atoms with van der Waals surface area (Å²) in [5.41, 5.74) is 3.77. The molecule has 0 N–H and O–H groups in total. The van der Waals surface area contributed by atoms with Crippen LogP contribution in [0.1, 0.15) is 23.6 Å². The van der Waals surface area contributed by atoms with Crippen molar-refractivity contribution in [1.29, 1.82) is 0 Å². The van der Waals surface area contributed by atoms with Gasteiger partial charge in [0.05, 0.1) is 0 Å². The Morgan fingerprint density at radius 1 is 1.54 bits per heavy atom. The maximum absolute atomic E-state index is 11.0. The van der Waals surface area contributed by atoms with Crippen LogP contribution in [0.4, 0.5) is 0 Å². The van der Waals surface area contributed by atoms with Crippen LogP contribution in [0.3, 0.4) is 0 Å². The average molecular weight is 193 g/mol. The number of pyridine rings is 1. The van der Waals surface area contributed by atoms with Crippen molar-refractivity contribution in [3.05, 3.63) is 29.1 Å². The minimum absolute atomic E-state index is 0.215. The van der Waals surface area contributed by atoms with E-state index in [1.807, 2.05) is 24.2 Å². The van der Waals surface area contributed by atoms with E-state index in [1.165, 1.54) is 11.1 Å². The van der Waals surface area contributed by atoms with Crippen LogP contribution in [0, 0.1) is 0 Å². The Kier molecular flexibility index (Phi) is 2.36. The first kappa shape index (κ1) is 8.75. The fourth-order valence-electron chi connectivity index (χ4n) is 1.57. The molecule has 0 radical (unpaired) electrons. The third-order valence-electron chi connectivity index (χ3n) is 2.18. The molecule has 2 rings (SSSR count). The van der Waals surface area contributed by atoms with Gasteiger partial charge >= 0.3 is 0 Å². The highest BCUT2D eigenvalue weighted by Crippen LogP contribution is 2.31. The van der Waals surface area contributed by atoms with Gasteiger partial charge < -0.3 is 0 Å². The lowest BCUT2D eigenvalue weighted by atomic mass is 10.0. The summed E-state index contributed by atoms with van der Waals surface area (Å²) < 4.78 is 0. The topological polar surface area (TPSA) is 30.0 Å². The largest absolute Gasteiger partial charge is 0.300 e. The number of aromatic nitrogens is 1. The predicted molar refractivity (Wildman–Crippen MR) is 53.6 cm³/mol. The van der Waals surface area contributed by atoms with E-state index in [9.17, 15) is 4.79 Å². The summed E-state index contributed by atoms with van der Waals surface area (Å²) in [4.78, 5) is 15.1. The highest BCUT2D eigenvalue weighted by atomic mass is 32.2. The van der Waals surface area contributed by atoms with Crippen molar-refractivity contribution >= 4 is 17.5 Å². The van der Waals surface area contributed by atoms with Crippen molar-refractivity contribution in [1.82, 2.24) is 4.98 Å². The summed E-state index contributed by atoms with van der Waals surface area (Å²) >= 11 is 1.89. The van der Waals surface area contributed by atoms with Crippen LogP contribution in [0.2, 0.25) is 0 Å². The summed E-state index contributed by atoms with van der Waals surface area (Å²) in [5.74, 6) is 2.31. The lowest BCUT2D eigenvalue weighted by Gasteiger charge is -2.03. The number of rotatable bonds is 2. The van der Waals surface area contributed by atoms with E-state index in [-0.39, 0.29) is 5.78 Å². The van der Waals surface area contributed by atoms with Gasteiger partial charge in [-0.2, -0.15) is 11.8 Å². The summed E-state index contributed by atoms with van der Waals surface area (Å²) in [6.45, 7) is 1.63. The highest BCUT2D eigenvalue weighted by molar-refractivity contribution is 7.98. The lowest BCUT2D eigenvalue weighted by Crippen LogP contribution is -2.01. The van der Waals surface area contributed by atoms with Gasteiger partial charge in [0.1, 0.15) is 5.78 Å². The van der Waals surface area contributed by atoms with E-state index in [2.05, 4.69) is 4.98 Å². The first-order valence-electron chi connectivity index (χ1n) is 4.29. The van der Waals surface area contributed by atoms with Gasteiger partial charge in [0.25, 0.3) is 0 Å². The first-order valence-corrected chi connectivity index (χ1v) is 5.44. The Labute approximate surface area is 81.8 Å². The molecule has 68 valence electrons. The van der Waals surface area contributed by atoms with E-state index >= 15 is 0 Å². The lowest BCUT2D eigenvalue weighted by molar-refractivity contribution is -0.116. The minimum atomic E-state index is 0.215. The number of thioether (sulfide) groups is 1. The van der Waals surface area contributed by atoms with E-state index in [0.29, 0.717) is 6.42 Å². The van der Waals surface area contributed by atoms with Crippen LogP contribution >= 0.6 is 11.8 Å². The smallest absolute Gasteiger partial charge is 0.134 e. The van der Waals surface area contributed by atoms with Crippen LogP contribution in [0.15, 0.2) is 12.4 Å². The number of Topliss-reactive ketones (excluding diaryl/α,β-unsaturated/α-hetero) is 1. The van der Waals surface area contributed by atoms with E-state index in [4.69, 9.17) is 0 Å². The van der Waals surface area contributed by atoms with Crippen LogP contribution < -0.4 is 0 Å². The van der Waals surface area contributed by atoms with Crippen LogP contribution in [0.25, 0.3) is 0 Å². The monoisotopic (exact) mass is 193 g/mol. The Morgan fingerprint density at radius 2 is 2.38 bits per heavy atom. The highest BCUT2D eigenvalue weighted by Gasteiger charge is 2.15. The molecule has 13 heavy (non-hydrogen) atoms. The number of ketones is 1.